The molecule has 0 aliphatic carbocycles. The van der Waals surface area contributed by atoms with Crippen LogP contribution in [0, 0.1) is 0 Å². The van der Waals surface area contributed by atoms with Crippen molar-refractivity contribution in [3.05, 3.63) is 24.3 Å². The largest absolute Gasteiger partial charge is 0.472 e. The Morgan fingerprint density at radius 1 is 0.430 bits per heavy atom. The lowest BCUT2D eigenvalue weighted by Gasteiger charge is -2.27. The summed E-state index contributed by atoms with van der Waals surface area (Å²) in [7, 11) is 1.51. The van der Waals surface area contributed by atoms with Gasteiger partial charge in [-0.05, 0) is 57.4 Å². The Morgan fingerprint density at radius 2 is 0.734 bits per heavy atom. The lowest BCUT2D eigenvalue weighted by molar-refractivity contribution is -0.870. The van der Waals surface area contributed by atoms with Gasteiger partial charge in [0.25, 0.3) is 0 Å². The average Bonchev–Trinajstić information content (AvgIpc) is 3.41. The van der Waals surface area contributed by atoms with Gasteiger partial charge >= 0.3 is 13.8 Å². The van der Waals surface area contributed by atoms with Crippen molar-refractivity contribution in [2.24, 2.45) is 0 Å². The Morgan fingerprint density at radius 3 is 1.09 bits per heavy atom. The van der Waals surface area contributed by atoms with Crippen LogP contribution in [0.1, 0.15) is 355 Å². The van der Waals surface area contributed by atoms with E-state index in [4.69, 9.17) is 13.8 Å². The minimum Gasteiger partial charge on any atom is -0.456 e. The molecule has 0 aromatic rings. The SMILES string of the molecule is CCCCCCCC/C=C\CCCCCC(=O)NC(COP(=O)(O)OCC[N+](C)(C)C)C(/C=C\CCCCCCCCCCCCC)OC(=O)CCCCCCCCCCCCCCCCCCCCCCCCCCCCC. The number of rotatable bonds is 64. The number of nitrogens with zero attached hydrogens (tertiary/aromatic N) is 1. The van der Waals surface area contributed by atoms with Crippen LogP contribution >= 0.6 is 7.82 Å². The summed E-state index contributed by atoms with van der Waals surface area (Å²) in [6, 6.07) is -0.851. The summed E-state index contributed by atoms with van der Waals surface area (Å²) >= 11 is 0. The van der Waals surface area contributed by atoms with Crippen molar-refractivity contribution < 1.29 is 37.3 Å². The van der Waals surface area contributed by atoms with Crippen LogP contribution in [0.5, 0.6) is 0 Å². The number of carbonyl (C=O) groups excluding carboxylic acids is 2. The molecule has 0 saturated carbocycles. The van der Waals surface area contributed by atoms with E-state index in [9.17, 15) is 19.0 Å². The summed E-state index contributed by atoms with van der Waals surface area (Å²) < 4.78 is 30.8. The number of likely N-dealkylation sites (N-methyl/N-ethyl adjacent to an activating group) is 1. The molecule has 0 aliphatic rings. The number of carbonyl (C=O) groups is 2. The zero-order valence-electron chi connectivity index (χ0n) is 53.6. The van der Waals surface area contributed by atoms with E-state index in [1.807, 2.05) is 33.3 Å². The summed E-state index contributed by atoms with van der Waals surface area (Å²) in [6.07, 6.45) is 72.0. The zero-order valence-corrected chi connectivity index (χ0v) is 54.5. The minimum atomic E-state index is -4.45. The van der Waals surface area contributed by atoms with Crippen LogP contribution in [0.4, 0.5) is 0 Å². The lowest BCUT2D eigenvalue weighted by atomic mass is 10.0. The second-order valence-electron chi connectivity index (χ2n) is 25.1. The van der Waals surface area contributed by atoms with E-state index in [0.29, 0.717) is 23.9 Å². The van der Waals surface area contributed by atoms with Crippen LogP contribution in [-0.4, -0.2) is 74.3 Å². The highest BCUT2D eigenvalue weighted by Crippen LogP contribution is 2.43. The van der Waals surface area contributed by atoms with Crippen LogP contribution < -0.4 is 5.32 Å². The van der Waals surface area contributed by atoms with Gasteiger partial charge < -0.3 is 19.4 Å². The van der Waals surface area contributed by atoms with E-state index in [1.54, 1.807) is 0 Å². The first-order valence-electron chi connectivity index (χ1n) is 34.7. The molecular formula is C69H136N2O7P+. The molecule has 0 heterocycles. The van der Waals surface area contributed by atoms with Crippen LogP contribution in [0.2, 0.25) is 0 Å². The van der Waals surface area contributed by atoms with Gasteiger partial charge in [0.05, 0.1) is 33.8 Å². The van der Waals surface area contributed by atoms with Crippen molar-refractivity contribution in [2.45, 2.75) is 367 Å². The van der Waals surface area contributed by atoms with Crippen molar-refractivity contribution in [3.63, 3.8) is 0 Å². The molecule has 0 spiro atoms. The molecular weight excluding hydrogens is 1000 g/mol. The number of ether oxygens (including phenoxy) is 1. The van der Waals surface area contributed by atoms with Crippen molar-refractivity contribution >= 4 is 19.7 Å². The van der Waals surface area contributed by atoms with Crippen molar-refractivity contribution in [1.29, 1.82) is 0 Å². The maximum absolute atomic E-state index is 13.5. The molecule has 0 rings (SSSR count). The van der Waals surface area contributed by atoms with Gasteiger partial charge in [0.1, 0.15) is 19.3 Å². The quantitative estimate of drug-likeness (QED) is 0.0205. The average molecular weight is 1140 g/mol. The molecule has 0 aromatic carbocycles. The predicted octanol–water partition coefficient (Wildman–Crippen LogP) is 21.7. The van der Waals surface area contributed by atoms with Crippen LogP contribution in [0.15, 0.2) is 24.3 Å². The summed E-state index contributed by atoms with van der Waals surface area (Å²) in [6.45, 7) is 7.05. The van der Waals surface area contributed by atoms with Gasteiger partial charge in [0.2, 0.25) is 5.91 Å². The molecule has 0 radical (unpaired) electrons. The highest BCUT2D eigenvalue weighted by molar-refractivity contribution is 7.47. The number of hydrogen-bond acceptors (Lipinski definition) is 6. The molecule has 0 saturated heterocycles. The topological polar surface area (TPSA) is 111 Å². The van der Waals surface area contributed by atoms with Gasteiger partial charge in [-0.3, -0.25) is 18.6 Å². The molecule has 3 atom stereocenters. The van der Waals surface area contributed by atoms with Crippen LogP contribution in [-0.2, 0) is 27.9 Å². The molecule has 79 heavy (non-hydrogen) atoms. The normalized spacial score (nSPS) is 13.7. The van der Waals surface area contributed by atoms with E-state index >= 15 is 0 Å². The molecule has 468 valence electrons. The monoisotopic (exact) mass is 1140 g/mol. The molecule has 0 aromatic heterocycles. The second-order valence-corrected chi connectivity index (χ2v) is 26.5. The fourth-order valence-corrected chi connectivity index (χ4v) is 11.3. The maximum Gasteiger partial charge on any atom is 0.472 e. The minimum absolute atomic E-state index is 0.0411. The highest BCUT2D eigenvalue weighted by atomic mass is 31.2. The van der Waals surface area contributed by atoms with Gasteiger partial charge in [-0.25, -0.2) is 4.57 Å². The number of phosphoric ester groups is 1. The van der Waals surface area contributed by atoms with Crippen LogP contribution in [0.3, 0.4) is 0 Å². The van der Waals surface area contributed by atoms with Crippen molar-refractivity contribution in [1.82, 2.24) is 5.32 Å². The maximum atomic E-state index is 13.5. The first-order valence-corrected chi connectivity index (χ1v) is 36.2. The smallest absolute Gasteiger partial charge is 0.456 e. The Labute approximate surface area is 492 Å². The highest BCUT2D eigenvalue weighted by Gasteiger charge is 2.30. The molecule has 1 amide bonds. The number of allylic oxidation sites excluding steroid dienone is 3. The third-order valence-electron chi connectivity index (χ3n) is 15.9. The fraction of sp³-hybridized carbons (Fsp3) is 0.913. The number of hydrogen-bond donors (Lipinski definition) is 2. The van der Waals surface area contributed by atoms with Gasteiger partial charge in [0, 0.05) is 12.8 Å². The van der Waals surface area contributed by atoms with Crippen LogP contribution in [0.25, 0.3) is 0 Å². The third kappa shape index (κ3) is 60.9. The Hall–Kier alpha value is -1.51. The van der Waals surface area contributed by atoms with E-state index < -0.39 is 20.0 Å². The second kappa shape index (κ2) is 59.6. The summed E-state index contributed by atoms with van der Waals surface area (Å²) in [5, 5.41) is 3.06. The molecule has 0 aliphatic heterocycles. The lowest BCUT2D eigenvalue weighted by Crippen LogP contribution is -2.47. The number of nitrogens with one attached hydrogen (secondary N) is 1. The van der Waals surface area contributed by atoms with Crippen molar-refractivity contribution in [2.75, 3.05) is 40.9 Å². The Kier molecular flexibility index (Phi) is 58.5. The molecule has 2 N–H and O–H groups in total. The molecule has 0 fully saturated rings. The Bertz CT molecular complexity index is 1400. The van der Waals surface area contributed by atoms with Gasteiger partial charge in [-0.15, -0.1) is 0 Å². The first-order chi connectivity index (χ1) is 38.4. The van der Waals surface area contributed by atoms with Crippen molar-refractivity contribution in [3.8, 4) is 0 Å². The number of quaternary nitrogens is 1. The standard InChI is InChI=1S/C69H135N2O7P/c1-7-10-13-16-19-22-25-28-29-30-31-32-33-34-35-36-37-38-39-40-41-44-47-50-53-56-59-62-69(73)78-67(60-57-54-51-48-45-42-26-23-20-17-14-11-8-2)66(65-77-79(74,75)76-64-63-71(4,5)6)70-68(72)61-58-55-52-49-46-43-27-24-21-18-15-12-9-3/h43,46,57,60,66-67H,7-42,44-45,47-56,58-59,61-65H2,1-6H3,(H-,70,72,74,75)/p+1/b46-43-,60-57-. The van der Waals surface area contributed by atoms with E-state index in [2.05, 4.69) is 38.2 Å². The molecule has 3 unspecified atom stereocenters. The van der Waals surface area contributed by atoms with Gasteiger partial charge in [-0.1, -0.05) is 309 Å². The van der Waals surface area contributed by atoms with Gasteiger partial charge in [0.15, 0.2) is 0 Å². The number of unbranched alkanes of at least 4 members (excludes halogenated alkanes) is 46. The Balaban J connectivity index is 4.97. The number of esters is 1. The molecule has 10 heteroatoms. The van der Waals surface area contributed by atoms with Gasteiger partial charge in [-0.2, -0.15) is 0 Å². The summed E-state index contributed by atoms with van der Waals surface area (Å²) in [5.74, 6) is -0.504. The third-order valence-corrected chi connectivity index (χ3v) is 16.9. The van der Waals surface area contributed by atoms with E-state index in [0.717, 1.165) is 70.6 Å². The first kappa shape index (κ1) is 77.5. The van der Waals surface area contributed by atoms with E-state index in [1.165, 1.54) is 250 Å². The zero-order chi connectivity index (χ0) is 57.9. The van der Waals surface area contributed by atoms with E-state index in [-0.39, 0.29) is 25.1 Å². The fourth-order valence-electron chi connectivity index (χ4n) is 10.5. The predicted molar refractivity (Wildman–Crippen MR) is 342 cm³/mol. The summed E-state index contributed by atoms with van der Waals surface area (Å²) in [5.41, 5.74) is 0. The summed E-state index contributed by atoms with van der Waals surface area (Å²) in [4.78, 5) is 37.8. The molecule has 9 nitrogen and oxygen atoms in total. The molecule has 0 bridgehead atoms. The number of phosphoric acid groups is 1. The number of amides is 1.